The van der Waals surface area contributed by atoms with Crippen molar-refractivity contribution in [3.05, 3.63) is 47.5 Å². The highest BCUT2D eigenvalue weighted by Crippen LogP contribution is 2.14. The molecule has 0 saturated carbocycles. The highest BCUT2D eigenvalue weighted by molar-refractivity contribution is 5.80. The number of allylic oxidation sites excluding steroid dienone is 6. The molecule has 0 aromatic carbocycles. The topological polar surface area (TPSA) is 105 Å². The Balaban J connectivity index is 2.45. The Labute approximate surface area is 131 Å². The highest BCUT2D eigenvalue weighted by Gasteiger charge is 2.07. The van der Waals surface area contributed by atoms with Crippen LogP contribution in [0, 0.1) is 23.2 Å². The first kappa shape index (κ1) is 17.1. The van der Waals surface area contributed by atoms with Crippen molar-refractivity contribution in [1.29, 1.82) is 5.26 Å². The standard InChI is InChI=1S/C17H20N4O/c18-12-6-2-5-9-15(19)10-11-16(20)21-17(22)13-14-7-3-1-4-8-14/h1,3,7,10-11H,2,4,6,8,13,19-20H2,(H,21,22)/b15-10-,16-11+. The van der Waals surface area contributed by atoms with Gasteiger partial charge in [0.25, 0.3) is 0 Å². The van der Waals surface area contributed by atoms with E-state index in [1.807, 2.05) is 18.2 Å². The molecule has 0 aromatic rings. The number of hydrogen-bond donors (Lipinski definition) is 3. The van der Waals surface area contributed by atoms with Crippen LogP contribution in [-0.2, 0) is 4.79 Å². The molecule has 1 amide bonds. The number of hydrogen-bond acceptors (Lipinski definition) is 4. The molecule has 0 atom stereocenters. The summed E-state index contributed by atoms with van der Waals surface area (Å²) < 4.78 is 0. The Morgan fingerprint density at radius 3 is 2.86 bits per heavy atom. The summed E-state index contributed by atoms with van der Waals surface area (Å²) in [4.78, 5) is 11.8. The van der Waals surface area contributed by atoms with E-state index in [4.69, 9.17) is 16.7 Å². The maximum absolute atomic E-state index is 11.8. The second kappa shape index (κ2) is 9.90. The van der Waals surface area contributed by atoms with Gasteiger partial charge in [-0.3, -0.25) is 4.79 Å². The molecule has 5 nitrogen and oxygen atoms in total. The fourth-order valence-electron chi connectivity index (χ4n) is 1.76. The number of carbonyl (C=O) groups is 1. The molecule has 0 spiro atoms. The van der Waals surface area contributed by atoms with E-state index in [0.717, 1.165) is 18.4 Å². The van der Waals surface area contributed by atoms with Crippen LogP contribution in [0.3, 0.4) is 0 Å². The van der Waals surface area contributed by atoms with E-state index in [0.29, 0.717) is 25.0 Å². The minimum atomic E-state index is -0.151. The smallest absolute Gasteiger partial charge is 0.229 e. The van der Waals surface area contributed by atoms with E-state index in [9.17, 15) is 4.79 Å². The van der Waals surface area contributed by atoms with Crippen molar-refractivity contribution in [2.45, 2.75) is 32.1 Å². The first-order valence-electron chi connectivity index (χ1n) is 7.05. The lowest BCUT2D eigenvalue weighted by Crippen LogP contribution is -2.27. The summed E-state index contributed by atoms with van der Waals surface area (Å²) in [5.41, 5.74) is 12.8. The van der Waals surface area contributed by atoms with Crippen LogP contribution in [-0.4, -0.2) is 5.91 Å². The molecule has 5 heteroatoms. The van der Waals surface area contributed by atoms with Crippen molar-refractivity contribution in [2.24, 2.45) is 11.5 Å². The predicted molar refractivity (Wildman–Crippen MR) is 86.4 cm³/mol. The lowest BCUT2D eigenvalue weighted by atomic mass is 10.0. The van der Waals surface area contributed by atoms with Crippen molar-refractivity contribution in [1.82, 2.24) is 5.32 Å². The van der Waals surface area contributed by atoms with Crippen molar-refractivity contribution >= 4 is 5.91 Å². The molecule has 0 aliphatic heterocycles. The van der Waals surface area contributed by atoms with Gasteiger partial charge < -0.3 is 16.8 Å². The van der Waals surface area contributed by atoms with Crippen LogP contribution in [0.2, 0.25) is 0 Å². The summed E-state index contributed by atoms with van der Waals surface area (Å²) in [5, 5.41) is 11.0. The molecule has 0 radical (unpaired) electrons. The maximum Gasteiger partial charge on any atom is 0.229 e. The Hall–Kier alpha value is -2.92. The Bertz CT molecular complexity index is 621. The molecule has 0 unspecified atom stereocenters. The zero-order valence-corrected chi connectivity index (χ0v) is 12.4. The summed E-state index contributed by atoms with van der Waals surface area (Å²) in [5.74, 6) is 5.54. The van der Waals surface area contributed by atoms with Crippen LogP contribution in [0.4, 0.5) is 0 Å². The van der Waals surface area contributed by atoms with Gasteiger partial charge in [-0.15, -0.1) is 0 Å². The first-order valence-corrected chi connectivity index (χ1v) is 7.05. The largest absolute Gasteiger partial charge is 0.392 e. The van der Waals surface area contributed by atoms with Crippen LogP contribution < -0.4 is 16.8 Å². The Morgan fingerprint density at radius 2 is 2.18 bits per heavy atom. The number of amides is 1. The summed E-state index contributed by atoms with van der Waals surface area (Å²) in [6.07, 6.45) is 12.1. The fraction of sp³-hybridized carbons (Fsp3) is 0.294. The summed E-state index contributed by atoms with van der Waals surface area (Å²) in [6.45, 7) is 0. The lowest BCUT2D eigenvalue weighted by Gasteiger charge is -2.09. The van der Waals surface area contributed by atoms with E-state index in [2.05, 4.69) is 23.2 Å². The fourth-order valence-corrected chi connectivity index (χ4v) is 1.76. The molecule has 0 fully saturated rings. The minimum Gasteiger partial charge on any atom is -0.392 e. The van der Waals surface area contributed by atoms with E-state index in [-0.39, 0.29) is 11.7 Å². The summed E-state index contributed by atoms with van der Waals surface area (Å²) in [7, 11) is 0. The molecule has 1 rings (SSSR count). The summed E-state index contributed by atoms with van der Waals surface area (Å²) >= 11 is 0. The molecule has 0 heterocycles. The van der Waals surface area contributed by atoms with Gasteiger partial charge in [-0.2, -0.15) is 5.26 Å². The number of nitrogens with one attached hydrogen (secondary N) is 1. The van der Waals surface area contributed by atoms with Crippen LogP contribution in [0.15, 0.2) is 47.5 Å². The zero-order chi connectivity index (χ0) is 16.2. The maximum atomic E-state index is 11.8. The predicted octanol–water partition coefficient (Wildman–Crippen LogP) is 1.72. The second-order valence-corrected chi connectivity index (χ2v) is 4.72. The van der Waals surface area contributed by atoms with Gasteiger partial charge in [0.2, 0.25) is 5.91 Å². The number of carbonyl (C=O) groups excluding carboxylic acids is 1. The molecule has 0 aromatic heterocycles. The monoisotopic (exact) mass is 296 g/mol. The van der Waals surface area contributed by atoms with Gasteiger partial charge in [0.1, 0.15) is 5.82 Å². The van der Waals surface area contributed by atoms with Crippen molar-refractivity contribution < 1.29 is 4.79 Å². The molecular formula is C17H20N4O. The third-order valence-corrected chi connectivity index (χ3v) is 2.81. The molecule has 0 bridgehead atoms. The quantitative estimate of drug-likeness (QED) is 0.408. The Kier molecular flexibility index (Phi) is 7.71. The zero-order valence-electron chi connectivity index (χ0n) is 12.4. The van der Waals surface area contributed by atoms with Crippen LogP contribution in [0.1, 0.15) is 32.1 Å². The molecule has 1 aliphatic rings. The third-order valence-electron chi connectivity index (χ3n) is 2.81. The number of rotatable bonds is 5. The third kappa shape index (κ3) is 7.62. The molecule has 0 saturated heterocycles. The van der Waals surface area contributed by atoms with Crippen LogP contribution in [0.25, 0.3) is 0 Å². The molecule has 22 heavy (non-hydrogen) atoms. The van der Waals surface area contributed by atoms with E-state index in [1.165, 1.54) is 12.2 Å². The lowest BCUT2D eigenvalue weighted by molar-refractivity contribution is -0.119. The van der Waals surface area contributed by atoms with Crippen molar-refractivity contribution in [2.75, 3.05) is 0 Å². The van der Waals surface area contributed by atoms with Gasteiger partial charge in [-0.1, -0.05) is 29.7 Å². The van der Waals surface area contributed by atoms with Gasteiger partial charge >= 0.3 is 0 Å². The number of nitrogens with two attached hydrogens (primary N) is 2. The SMILES string of the molecule is N#CCCC#C/C(N)=C/C=C(\N)NC(=O)CC1=CC=CCC1. The molecule has 1 aliphatic carbocycles. The summed E-state index contributed by atoms with van der Waals surface area (Å²) in [6, 6.07) is 2.00. The normalized spacial score (nSPS) is 14.4. The average Bonchev–Trinajstić information content (AvgIpc) is 2.50. The van der Waals surface area contributed by atoms with Gasteiger partial charge in [-0.05, 0) is 30.9 Å². The second-order valence-electron chi connectivity index (χ2n) is 4.72. The number of nitrogens with zero attached hydrogens (tertiary/aromatic N) is 1. The van der Waals surface area contributed by atoms with Gasteiger partial charge in [-0.25, -0.2) is 0 Å². The highest BCUT2D eigenvalue weighted by atomic mass is 16.1. The molecular weight excluding hydrogens is 276 g/mol. The van der Waals surface area contributed by atoms with E-state index >= 15 is 0 Å². The minimum absolute atomic E-state index is 0.151. The Morgan fingerprint density at radius 1 is 1.36 bits per heavy atom. The van der Waals surface area contributed by atoms with Crippen molar-refractivity contribution in [3.63, 3.8) is 0 Å². The van der Waals surface area contributed by atoms with Crippen LogP contribution in [0.5, 0.6) is 0 Å². The van der Waals surface area contributed by atoms with Gasteiger partial charge in [0, 0.05) is 19.3 Å². The molecule has 114 valence electrons. The first-order chi connectivity index (χ1) is 10.6. The number of unbranched alkanes of at least 4 members (excludes halogenated alkanes) is 1. The van der Waals surface area contributed by atoms with E-state index in [1.54, 1.807) is 0 Å². The van der Waals surface area contributed by atoms with Gasteiger partial charge in [0.05, 0.1) is 11.8 Å². The van der Waals surface area contributed by atoms with Gasteiger partial charge in [0.15, 0.2) is 0 Å². The van der Waals surface area contributed by atoms with Crippen molar-refractivity contribution in [3.8, 4) is 17.9 Å². The molecule has 5 N–H and O–H groups in total. The van der Waals surface area contributed by atoms with Crippen LogP contribution >= 0.6 is 0 Å². The van der Waals surface area contributed by atoms with E-state index < -0.39 is 0 Å². The average molecular weight is 296 g/mol. The number of nitriles is 1.